The molecule has 0 atom stereocenters. The van der Waals surface area contributed by atoms with E-state index in [1.807, 2.05) is 11.3 Å². The van der Waals surface area contributed by atoms with Crippen molar-refractivity contribution in [3.8, 4) is 16.8 Å². The predicted octanol–water partition coefficient (Wildman–Crippen LogP) is 12.0. The molecule has 0 aliphatic carbocycles. The molecule has 208 valence electrons. The Hall–Kier alpha value is -5.64. The molecule has 0 saturated heterocycles. The maximum atomic E-state index is 2.50. The number of para-hydroxylation sites is 2. The molecule has 0 saturated carbocycles. The molecule has 3 heteroatoms. The van der Waals surface area contributed by atoms with Gasteiger partial charge in [-0.1, -0.05) is 91.0 Å². The van der Waals surface area contributed by atoms with Crippen LogP contribution in [0.5, 0.6) is 0 Å². The van der Waals surface area contributed by atoms with Crippen LogP contribution in [0.15, 0.2) is 146 Å². The summed E-state index contributed by atoms with van der Waals surface area (Å²) in [6.45, 7) is 0. The molecule has 0 unspecified atom stereocenters. The van der Waals surface area contributed by atoms with Crippen molar-refractivity contribution in [2.75, 3.05) is 0 Å². The van der Waals surface area contributed by atoms with E-state index < -0.39 is 0 Å². The van der Waals surface area contributed by atoms with Gasteiger partial charge < -0.3 is 8.97 Å². The second kappa shape index (κ2) is 8.50. The summed E-state index contributed by atoms with van der Waals surface area (Å²) >= 11 is 1.87. The minimum absolute atomic E-state index is 1.18. The van der Waals surface area contributed by atoms with E-state index in [0.717, 1.165) is 0 Å². The third-order valence-corrected chi connectivity index (χ3v) is 11.0. The van der Waals surface area contributed by atoms with Gasteiger partial charge in [-0.25, -0.2) is 0 Å². The molecule has 4 aromatic heterocycles. The van der Waals surface area contributed by atoms with E-state index in [1.54, 1.807) is 0 Å². The third kappa shape index (κ3) is 3.03. The van der Waals surface area contributed by atoms with Gasteiger partial charge >= 0.3 is 0 Å². The summed E-state index contributed by atoms with van der Waals surface area (Å²) in [5.74, 6) is 0. The van der Waals surface area contributed by atoms with Crippen LogP contribution in [0.1, 0.15) is 0 Å². The van der Waals surface area contributed by atoms with Gasteiger partial charge in [0.05, 0.1) is 27.6 Å². The van der Waals surface area contributed by atoms with Crippen molar-refractivity contribution in [1.82, 2.24) is 8.97 Å². The maximum Gasteiger partial charge on any atom is 0.0641 e. The van der Waals surface area contributed by atoms with E-state index in [-0.39, 0.29) is 0 Å². The highest BCUT2D eigenvalue weighted by atomic mass is 32.1. The van der Waals surface area contributed by atoms with Crippen molar-refractivity contribution in [1.29, 1.82) is 0 Å². The molecule has 0 spiro atoms. The number of nitrogens with zero attached hydrogens (tertiary/aromatic N) is 2. The lowest BCUT2D eigenvalue weighted by Gasteiger charge is -2.11. The molecule has 7 aromatic carbocycles. The molecule has 4 heterocycles. The van der Waals surface area contributed by atoms with Crippen LogP contribution in [0.3, 0.4) is 0 Å². The molecular formula is C42H24N2S. The molecule has 0 aliphatic rings. The van der Waals surface area contributed by atoms with Gasteiger partial charge in [-0.05, 0) is 71.1 Å². The maximum absolute atomic E-state index is 2.50. The van der Waals surface area contributed by atoms with Gasteiger partial charge in [-0.15, -0.1) is 11.3 Å². The summed E-state index contributed by atoms with van der Waals surface area (Å²) < 4.78 is 7.65. The van der Waals surface area contributed by atoms with E-state index in [0.29, 0.717) is 0 Å². The highest BCUT2D eigenvalue weighted by molar-refractivity contribution is 7.25. The summed E-state index contributed by atoms with van der Waals surface area (Å²) in [4.78, 5) is 0. The number of benzene rings is 7. The van der Waals surface area contributed by atoms with Gasteiger partial charge in [0.15, 0.2) is 0 Å². The van der Waals surface area contributed by atoms with Crippen molar-refractivity contribution in [2.24, 2.45) is 0 Å². The lowest BCUT2D eigenvalue weighted by molar-refractivity contribution is 1.18. The number of thiophene rings is 1. The zero-order chi connectivity index (χ0) is 29.2. The van der Waals surface area contributed by atoms with Gasteiger partial charge in [0.1, 0.15) is 0 Å². The smallest absolute Gasteiger partial charge is 0.0641 e. The van der Waals surface area contributed by atoms with Crippen molar-refractivity contribution < 1.29 is 0 Å². The van der Waals surface area contributed by atoms with Crippen molar-refractivity contribution in [3.05, 3.63) is 146 Å². The van der Waals surface area contributed by atoms with Crippen LogP contribution >= 0.6 is 11.3 Å². The Bertz CT molecular complexity index is 2990. The van der Waals surface area contributed by atoms with Gasteiger partial charge in [0.25, 0.3) is 0 Å². The topological polar surface area (TPSA) is 9.34 Å². The molecule has 11 rings (SSSR count). The van der Waals surface area contributed by atoms with E-state index in [4.69, 9.17) is 0 Å². The summed E-state index contributed by atoms with van der Waals surface area (Å²) in [5.41, 5.74) is 9.90. The third-order valence-electron chi connectivity index (χ3n) is 9.84. The van der Waals surface area contributed by atoms with Crippen LogP contribution in [-0.2, 0) is 0 Å². The summed E-state index contributed by atoms with van der Waals surface area (Å²) in [5, 5.41) is 10.5. The van der Waals surface area contributed by atoms with Crippen LogP contribution in [0.4, 0.5) is 0 Å². The van der Waals surface area contributed by atoms with E-state index in [1.165, 1.54) is 96.9 Å². The first-order chi connectivity index (χ1) is 22.3. The summed E-state index contributed by atoms with van der Waals surface area (Å²) in [6.07, 6.45) is 0. The molecule has 0 radical (unpaired) electrons. The minimum atomic E-state index is 1.18. The number of fused-ring (bicyclic) bond motifs is 9. The Kier molecular flexibility index (Phi) is 4.49. The normalized spacial score (nSPS) is 12.4. The fourth-order valence-corrected chi connectivity index (χ4v) is 9.06. The van der Waals surface area contributed by atoms with E-state index in [9.17, 15) is 0 Å². The van der Waals surface area contributed by atoms with Gasteiger partial charge in [-0.2, -0.15) is 0 Å². The first kappa shape index (κ1) is 23.8. The van der Waals surface area contributed by atoms with Crippen LogP contribution in [-0.4, -0.2) is 8.97 Å². The van der Waals surface area contributed by atoms with Crippen molar-refractivity contribution in [3.63, 3.8) is 0 Å². The van der Waals surface area contributed by atoms with Gasteiger partial charge in [-0.3, -0.25) is 0 Å². The number of rotatable bonds is 2. The van der Waals surface area contributed by atoms with E-state index in [2.05, 4.69) is 155 Å². The Morgan fingerprint density at radius 3 is 1.89 bits per heavy atom. The number of hydrogen-bond donors (Lipinski definition) is 0. The van der Waals surface area contributed by atoms with Crippen LogP contribution in [0.25, 0.3) is 96.9 Å². The molecule has 0 aliphatic heterocycles. The monoisotopic (exact) mass is 588 g/mol. The molecule has 11 aromatic rings. The predicted molar refractivity (Wildman–Crippen MR) is 194 cm³/mol. The number of hydrogen-bond acceptors (Lipinski definition) is 1. The Balaban J connectivity index is 1.26. The van der Waals surface area contributed by atoms with Crippen LogP contribution in [0, 0.1) is 0 Å². The Labute approximate surface area is 261 Å². The average Bonchev–Trinajstić information content (AvgIpc) is 3.72. The SMILES string of the molecule is c1cc(-c2ccc3sc4ccccc4c3c2)cc(-n2c3cccc4c5ccccc5n5c6ccccc6c6ccc2c(c43)c65)c1. The first-order valence-electron chi connectivity index (χ1n) is 15.4. The standard InChI is InChI=1S/C42H24N2S/c1-4-15-34-28(11-1)31-14-8-17-36-40(31)41-37(21-20-32-29-12-2-5-16-35(29)44(34)42(32)41)43(36)27-10-7-9-25(23-27)26-19-22-39-33(24-26)30-13-3-6-18-38(30)45-39/h1-24H. The second-order valence-electron chi connectivity index (χ2n) is 12.1. The molecule has 0 bridgehead atoms. The van der Waals surface area contributed by atoms with Gasteiger partial charge in [0.2, 0.25) is 0 Å². The molecule has 0 N–H and O–H groups in total. The second-order valence-corrected chi connectivity index (χ2v) is 13.2. The Morgan fingerprint density at radius 2 is 1.02 bits per heavy atom. The quantitative estimate of drug-likeness (QED) is 0.190. The van der Waals surface area contributed by atoms with Crippen molar-refractivity contribution >= 4 is 91.4 Å². The lowest BCUT2D eigenvalue weighted by atomic mass is 10.0. The molecule has 2 nitrogen and oxygen atoms in total. The summed E-state index contributed by atoms with van der Waals surface area (Å²) in [6, 6.07) is 54.0. The largest absolute Gasteiger partial charge is 0.309 e. The zero-order valence-electron chi connectivity index (χ0n) is 24.2. The minimum Gasteiger partial charge on any atom is -0.309 e. The van der Waals surface area contributed by atoms with Crippen LogP contribution < -0.4 is 0 Å². The Morgan fingerprint density at radius 1 is 0.378 bits per heavy atom. The van der Waals surface area contributed by atoms with Crippen LogP contribution in [0.2, 0.25) is 0 Å². The lowest BCUT2D eigenvalue weighted by Crippen LogP contribution is -1.95. The fourth-order valence-electron chi connectivity index (χ4n) is 7.98. The molecule has 0 amide bonds. The number of aromatic nitrogens is 2. The highest BCUT2D eigenvalue weighted by Crippen LogP contribution is 2.45. The summed E-state index contributed by atoms with van der Waals surface area (Å²) in [7, 11) is 0. The highest BCUT2D eigenvalue weighted by Gasteiger charge is 2.22. The average molecular weight is 589 g/mol. The molecule has 0 fully saturated rings. The zero-order valence-corrected chi connectivity index (χ0v) is 25.0. The van der Waals surface area contributed by atoms with Gasteiger partial charge in [0, 0.05) is 52.8 Å². The van der Waals surface area contributed by atoms with Crippen molar-refractivity contribution in [2.45, 2.75) is 0 Å². The molecular weight excluding hydrogens is 565 g/mol. The molecule has 45 heavy (non-hydrogen) atoms. The first-order valence-corrected chi connectivity index (χ1v) is 16.3. The van der Waals surface area contributed by atoms with E-state index >= 15 is 0 Å². The fraction of sp³-hybridized carbons (Fsp3) is 0.